The molecule has 0 aliphatic carbocycles. The van der Waals surface area contributed by atoms with E-state index >= 15 is 0 Å². The van der Waals surface area contributed by atoms with Crippen molar-refractivity contribution in [2.45, 2.75) is 44.2 Å². The molecule has 1 saturated heterocycles. The molecule has 132 valence electrons. The van der Waals surface area contributed by atoms with Crippen LogP contribution in [-0.2, 0) is 19.7 Å². The van der Waals surface area contributed by atoms with Gasteiger partial charge in [-0.3, -0.25) is 4.79 Å². The molecular weight excluding hydrogens is 326 g/mol. The lowest BCUT2D eigenvalue weighted by Crippen LogP contribution is -2.39. The quantitative estimate of drug-likeness (QED) is 0.885. The van der Waals surface area contributed by atoms with Crippen molar-refractivity contribution >= 4 is 5.97 Å². The second kappa shape index (κ2) is 6.18. The summed E-state index contributed by atoms with van der Waals surface area (Å²) in [6.07, 6.45) is -1.59. The molecule has 3 rings (SSSR count). The number of fused-ring (bicyclic) bond motifs is 1. The van der Waals surface area contributed by atoms with Crippen molar-refractivity contribution in [2.75, 3.05) is 13.2 Å². The second-order valence-corrected chi connectivity index (χ2v) is 6.07. The van der Waals surface area contributed by atoms with Crippen LogP contribution in [0.4, 0.5) is 8.78 Å². The molecule has 1 N–H and O–H groups in total. The van der Waals surface area contributed by atoms with Crippen LogP contribution in [0.25, 0.3) is 0 Å². The number of carboxylic acid groups (broad SMARTS) is 1. The van der Waals surface area contributed by atoms with Gasteiger partial charge in [-0.2, -0.15) is 0 Å². The van der Waals surface area contributed by atoms with Gasteiger partial charge in [0, 0.05) is 6.61 Å². The van der Waals surface area contributed by atoms with Gasteiger partial charge < -0.3 is 24.1 Å². The summed E-state index contributed by atoms with van der Waals surface area (Å²) in [6.45, 7) is 1.89. The molecule has 0 aromatic heterocycles. The predicted molar refractivity (Wildman–Crippen MR) is 77.2 cm³/mol. The first-order chi connectivity index (χ1) is 11.3. The molecule has 0 bridgehead atoms. The standard InChI is InChI=1S/C16H18F2O6/c1-15(14(19)20,9-22-13-4-2-3-7-21-13)10-5-6-11-12(8-10)24-16(17,18)23-11/h5-6,8,13H,2-4,7,9H2,1H3,(H,19,20). The van der Waals surface area contributed by atoms with Crippen LogP contribution in [0.2, 0.25) is 0 Å². The van der Waals surface area contributed by atoms with Crippen LogP contribution < -0.4 is 9.47 Å². The molecule has 1 aromatic carbocycles. The highest BCUT2D eigenvalue weighted by Crippen LogP contribution is 2.43. The van der Waals surface area contributed by atoms with Crippen LogP contribution in [0.5, 0.6) is 11.5 Å². The fourth-order valence-corrected chi connectivity index (χ4v) is 2.66. The highest BCUT2D eigenvalue weighted by Gasteiger charge is 2.45. The van der Waals surface area contributed by atoms with Gasteiger partial charge in [-0.25, -0.2) is 0 Å². The van der Waals surface area contributed by atoms with Gasteiger partial charge in [-0.15, -0.1) is 8.78 Å². The number of ether oxygens (including phenoxy) is 4. The Labute approximate surface area is 137 Å². The highest BCUT2D eigenvalue weighted by atomic mass is 19.3. The van der Waals surface area contributed by atoms with Crippen LogP contribution in [0.1, 0.15) is 31.7 Å². The first kappa shape index (κ1) is 16.9. The number of halogens is 2. The number of aliphatic carboxylic acids is 1. The summed E-state index contributed by atoms with van der Waals surface area (Å²) < 4.78 is 46.0. The third-order valence-corrected chi connectivity index (χ3v) is 4.21. The monoisotopic (exact) mass is 344 g/mol. The van der Waals surface area contributed by atoms with Crippen LogP contribution >= 0.6 is 0 Å². The van der Waals surface area contributed by atoms with Crippen molar-refractivity contribution in [3.8, 4) is 11.5 Å². The summed E-state index contributed by atoms with van der Waals surface area (Å²) in [5, 5.41) is 9.63. The van der Waals surface area contributed by atoms with Crippen LogP contribution in [-0.4, -0.2) is 36.9 Å². The molecule has 2 aliphatic rings. The van der Waals surface area contributed by atoms with Crippen molar-refractivity contribution in [1.29, 1.82) is 0 Å². The van der Waals surface area contributed by atoms with E-state index in [2.05, 4.69) is 9.47 Å². The molecule has 1 fully saturated rings. The van der Waals surface area contributed by atoms with Gasteiger partial charge in [0.05, 0.1) is 6.61 Å². The van der Waals surface area contributed by atoms with Crippen molar-refractivity contribution in [3.63, 3.8) is 0 Å². The zero-order valence-corrected chi connectivity index (χ0v) is 13.1. The van der Waals surface area contributed by atoms with E-state index in [0.717, 1.165) is 12.8 Å². The van der Waals surface area contributed by atoms with E-state index in [-0.39, 0.29) is 23.7 Å². The molecule has 8 heteroatoms. The number of hydrogen-bond donors (Lipinski definition) is 1. The van der Waals surface area contributed by atoms with Crippen LogP contribution in [0.15, 0.2) is 18.2 Å². The molecule has 2 atom stereocenters. The lowest BCUT2D eigenvalue weighted by Gasteiger charge is -2.29. The van der Waals surface area contributed by atoms with Gasteiger partial charge in [-0.05, 0) is 43.9 Å². The van der Waals surface area contributed by atoms with Gasteiger partial charge in [0.25, 0.3) is 0 Å². The third-order valence-electron chi connectivity index (χ3n) is 4.21. The third kappa shape index (κ3) is 3.29. The summed E-state index contributed by atoms with van der Waals surface area (Å²) in [4.78, 5) is 11.8. The molecule has 0 saturated carbocycles. The Kier molecular flexibility index (Phi) is 4.35. The lowest BCUT2D eigenvalue weighted by atomic mass is 9.83. The SMILES string of the molecule is CC(COC1CCCCO1)(C(=O)O)c1ccc2c(c1)OC(F)(F)O2. The normalized spacial score (nSPS) is 24.4. The van der Waals surface area contributed by atoms with Crippen molar-refractivity contribution in [3.05, 3.63) is 23.8 Å². The smallest absolute Gasteiger partial charge is 0.481 e. The maximum Gasteiger partial charge on any atom is 0.586 e. The van der Waals surface area contributed by atoms with Gasteiger partial charge in [0.1, 0.15) is 5.41 Å². The average molecular weight is 344 g/mol. The topological polar surface area (TPSA) is 74.2 Å². The van der Waals surface area contributed by atoms with Crippen molar-refractivity contribution in [1.82, 2.24) is 0 Å². The van der Waals surface area contributed by atoms with Crippen molar-refractivity contribution in [2.24, 2.45) is 0 Å². The zero-order valence-electron chi connectivity index (χ0n) is 13.1. The minimum atomic E-state index is -3.74. The number of benzene rings is 1. The largest absolute Gasteiger partial charge is 0.586 e. The first-order valence-electron chi connectivity index (χ1n) is 7.67. The maximum absolute atomic E-state index is 13.1. The molecule has 0 spiro atoms. The molecule has 1 aromatic rings. The van der Waals surface area contributed by atoms with Crippen LogP contribution in [0, 0.1) is 0 Å². The molecule has 0 radical (unpaired) electrons. The molecule has 2 heterocycles. The van der Waals surface area contributed by atoms with Gasteiger partial charge >= 0.3 is 12.3 Å². The zero-order chi connectivity index (χ0) is 17.4. The average Bonchev–Trinajstić information content (AvgIpc) is 2.86. The molecule has 6 nitrogen and oxygen atoms in total. The van der Waals surface area contributed by atoms with E-state index < -0.39 is 24.0 Å². The first-order valence-corrected chi connectivity index (χ1v) is 7.67. The summed E-state index contributed by atoms with van der Waals surface area (Å²) in [5.41, 5.74) is -1.15. The van der Waals surface area contributed by atoms with E-state index in [1.54, 1.807) is 0 Å². The van der Waals surface area contributed by atoms with E-state index in [4.69, 9.17) is 9.47 Å². The summed E-state index contributed by atoms with van der Waals surface area (Å²) >= 11 is 0. The van der Waals surface area contributed by atoms with Gasteiger partial charge in [-0.1, -0.05) is 6.07 Å². The molecular formula is C16H18F2O6. The molecule has 24 heavy (non-hydrogen) atoms. The Bertz CT molecular complexity index is 629. The van der Waals surface area contributed by atoms with E-state index in [1.807, 2.05) is 0 Å². The number of rotatable bonds is 5. The van der Waals surface area contributed by atoms with Crippen molar-refractivity contribution < 1.29 is 37.6 Å². The minimum Gasteiger partial charge on any atom is -0.481 e. The Balaban J connectivity index is 1.79. The Morgan fingerprint density at radius 1 is 1.38 bits per heavy atom. The van der Waals surface area contributed by atoms with Gasteiger partial charge in [0.15, 0.2) is 17.8 Å². The minimum absolute atomic E-state index is 0.131. The lowest BCUT2D eigenvalue weighted by molar-refractivity contribution is -0.286. The van der Waals surface area contributed by atoms with E-state index in [9.17, 15) is 18.7 Å². The Hall–Kier alpha value is -1.93. The second-order valence-electron chi connectivity index (χ2n) is 6.07. The van der Waals surface area contributed by atoms with E-state index in [0.29, 0.717) is 13.0 Å². The fourth-order valence-electron chi connectivity index (χ4n) is 2.66. The van der Waals surface area contributed by atoms with Gasteiger partial charge in [0.2, 0.25) is 0 Å². The summed E-state index contributed by atoms with van der Waals surface area (Å²) in [7, 11) is 0. The Morgan fingerprint density at radius 3 is 2.79 bits per heavy atom. The summed E-state index contributed by atoms with van der Waals surface area (Å²) in [5.74, 6) is -1.46. The number of alkyl halides is 2. The predicted octanol–water partition coefficient (Wildman–Crippen LogP) is 2.89. The number of carbonyl (C=O) groups is 1. The van der Waals surface area contributed by atoms with E-state index in [1.165, 1.54) is 25.1 Å². The maximum atomic E-state index is 13.1. The fraction of sp³-hybridized carbons (Fsp3) is 0.562. The molecule has 2 unspecified atom stereocenters. The number of carboxylic acids is 1. The summed E-state index contributed by atoms with van der Waals surface area (Å²) in [6, 6.07) is 3.93. The van der Waals surface area contributed by atoms with Crippen LogP contribution in [0.3, 0.4) is 0 Å². The molecule has 0 amide bonds. The number of hydrogen-bond acceptors (Lipinski definition) is 5. The Morgan fingerprint density at radius 2 is 2.12 bits per heavy atom. The highest BCUT2D eigenvalue weighted by molar-refractivity contribution is 5.81. The molecule has 2 aliphatic heterocycles.